The van der Waals surface area contributed by atoms with Crippen LogP contribution in [0.1, 0.15) is 11.1 Å². The summed E-state index contributed by atoms with van der Waals surface area (Å²) in [5, 5.41) is 0. The van der Waals surface area contributed by atoms with Gasteiger partial charge in [-0.25, -0.2) is 12.8 Å². The van der Waals surface area contributed by atoms with Crippen molar-refractivity contribution in [3.8, 4) is 0 Å². The summed E-state index contributed by atoms with van der Waals surface area (Å²) in [4.78, 5) is 0.271. The van der Waals surface area contributed by atoms with Crippen molar-refractivity contribution in [2.45, 2.75) is 11.8 Å². The monoisotopic (exact) mass is 324 g/mol. The van der Waals surface area contributed by atoms with Crippen LogP contribution >= 0.6 is 12.2 Å². The van der Waals surface area contributed by atoms with E-state index < -0.39 is 15.8 Å². The SMILES string of the molecule is Cc1cc(F)ccc1NS(=O)(=O)c1ccc(C(N)=S)cc1. The lowest BCUT2D eigenvalue weighted by Gasteiger charge is -2.11. The van der Waals surface area contributed by atoms with E-state index in [9.17, 15) is 12.8 Å². The Balaban J connectivity index is 2.31. The summed E-state index contributed by atoms with van der Waals surface area (Å²) in [7, 11) is -3.75. The van der Waals surface area contributed by atoms with Gasteiger partial charge in [0, 0.05) is 5.56 Å². The van der Waals surface area contributed by atoms with E-state index in [1.807, 2.05) is 0 Å². The quantitative estimate of drug-likeness (QED) is 0.848. The van der Waals surface area contributed by atoms with Gasteiger partial charge in [-0.1, -0.05) is 24.4 Å². The molecule has 21 heavy (non-hydrogen) atoms. The van der Waals surface area contributed by atoms with E-state index >= 15 is 0 Å². The van der Waals surface area contributed by atoms with Gasteiger partial charge in [-0.2, -0.15) is 0 Å². The molecular weight excluding hydrogens is 311 g/mol. The summed E-state index contributed by atoms with van der Waals surface area (Å²) in [6, 6.07) is 9.73. The minimum atomic E-state index is -3.75. The molecule has 0 atom stereocenters. The molecule has 0 aliphatic rings. The summed E-state index contributed by atoms with van der Waals surface area (Å²) in [5.41, 5.74) is 6.87. The van der Waals surface area contributed by atoms with Gasteiger partial charge in [0.05, 0.1) is 10.6 Å². The molecule has 0 spiro atoms. The van der Waals surface area contributed by atoms with Gasteiger partial charge in [0.2, 0.25) is 0 Å². The van der Waals surface area contributed by atoms with Crippen LogP contribution in [0, 0.1) is 12.7 Å². The lowest BCUT2D eigenvalue weighted by Crippen LogP contribution is -2.15. The van der Waals surface area contributed by atoms with Gasteiger partial charge < -0.3 is 5.73 Å². The molecule has 0 bridgehead atoms. The highest BCUT2D eigenvalue weighted by Crippen LogP contribution is 2.20. The number of rotatable bonds is 4. The molecule has 0 aromatic heterocycles. The molecule has 0 unspecified atom stereocenters. The highest BCUT2D eigenvalue weighted by Gasteiger charge is 2.15. The highest BCUT2D eigenvalue weighted by molar-refractivity contribution is 7.92. The van der Waals surface area contributed by atoms with Crippen LogP contribution < -0.4 is 10.5 Å². The van der Waals surface area contributed by atoms with Crippen molar-refractivity contribution in [3.05, 3.63) is 59.4 Å². The second-order valence-electron chi connectivity index (χ2n) is 4.45. The normalized spacial score (nSPS) is 11.1. The molecule has 0 saturated heterocycles. The number of aryl methyl sites for hydroxylation is 1. The summed E-state index contributed by atoms with van der Waals surface area (Å²) in [6.07, 6.45) is 0. The van der Waals surface area contributed by atoms with Crippen molar-refractivity contribution in [1.82, 2.24) is 0 Å². The van der Waals surface area contributed by atoms with E-state index in [-0.39, 0.29) is 9.88 Å². The fraction of sp³-hybridized carbons (Fsp3) is 0.0714. The zero-order chi connectivity index (χ0) is 15.6. The van der Waals surface area contributed by atoms with Crippen LogP contribution in [0.4, 0.5) is 10.1 Å². The van der Waals surface area contributed by atoms with E-state index in [1.54, 1.807) is 6.92 Å². The Labute approximate surface area is 127 Å². The molecule has 4 nitrogen and oxygen atoms in total. The van der Waals surface area contributed by atoms with Crippen LogP contribution in [0.5, 0.6) is 0 Å². The topological polar surface area (TPSA) is 72.2 Å². The minimum absolute atomic E-state index is 0.0752. The van der Waals surface area contributed by atoms with Crippen molar-refractivity contribution in [2.75, 3.05) is 4.72 Å². The minimum Gasteiger partial charge on any atom is -0.389 e. The molecule has 2 aromatic carbocycles. The standard InChI is InChI=1S/C14H13FN2O2S2/c1-9-8-11(15)4-7-13(9)17-21(18,19)12-5-2-10(3-6-12)14(16)20/h2-8,17H,1H3,(H2,16,20). The zero-order valence-electron chi connectivity index (χ0n) is 11.1. The largest absolute Gasteiger partial charge is 0.389 e. The van der Waals surface area contributed by atoms with Gasteiger partial charge in [-0.05, 0) is 42.8 Å². The molecule has 0 heterocycles. The first kappa shape index (κ1) is 15.4. The number of anilines is 1. The molecular formula is C14H13FN2O2S2. The number of sulfonamides is 1. The average molecular weight is 324 g/mol. The lowest BCUT2D eigenvalue weighted by molar-refractivity contribution is 0.601. The van der Waals surface area contributed by atoms with E-state index in [0.29, 0.717) is 16.8 Å². The summed E-state index contributed by atoms with van der Waals surface area (Å²) < 4.78 is 39.9. The van der Waals surface area contributed by atoms with Crippen LogP contribution in [0.2, 0.25) is 0 Å². The van der Waals surface area contributed by atoms with E-state index in [0.717, 1.165) is 0 Å². The third-order valence-electron chi connectivity index (χ3n) is 2.88. The van der Waals surface area contributed by atoms with Gasteiger partial charge in [0.25, 0.3) is 10.0 Å². The molecule has 0 aliphatic heterocycles. The Hall–Kier alpha value is -1.99. The van der Waals surface area contributed by atoms with Crippen LogP contribution in [0.3, 0.4) is 0 Å². The van der Waals surface area contributed by atoms with Crippen LogP contribution in [0.15, 0.2) is 47.4 Å². The molecule has 110 valence electrons. The number of hydrogen-bond donors (Lipinski definition) is 2. The number of hydrogen-bond acceptors (Lipinski definition) is 3. The molecule has 0 amide bonds. The van der Waals surface area contributed by atoms with Gasteiger partial charge >= 0.3 is 0 Å². The van der Waals surface area contributed by atoms with Crippen LogP contribution in [-0.2, 0) is 10.0 Å². The molecule has 0 fully saturated rings. The number of nitrogens with one attached hydrogen (secondary N) is 1. The van der Waals surface area contributed by atoms with E-state index in [1.165, 1.54) is 42.5 Å². The van der Waals surface area contributed by atoms with E-state index in [2.05, 4.69) is 4.72 Å². The van der Waals surface area contributed by atoms with Crippen LogP contribution in [-0.4, -0.2) is 13.4 Å². The Morgan fingerprint density at radius 3 is 2.33 bits per heavy atom. The highest BCUT2D eigenvalue weighted by atomic mass is 32.2. The molecule has 2 aromatic rings. The predicted octanol–water partition coefficient (Wildman–Crippen LogP) is 2.57. The molecule has 0 radical (unpaired) electrons. The molecule has 0 aliphatic carbocycles. The van der Waals surface area contributed by atoms with Crippen LogP contribution in [0.25, 0.3) is 0 Å². The van der Waals surface area contributed by atoms with Gasteiger partial charge in [0.15, 0.2) is 0 Å². The fourth-order valence-electron chi connectivity index (χ4n) is 1.74. The lowest BCUT2D eigenvalue weighted by atomic mass is 10.2. The number of benzene rings is 2. The summed E-state index contributed by atoms with van der Waals surface area (Å²) in [6.45, 7) is 1.62. The Morgan fingerprint density at radius 2 is 1.81 bits per heavy atom. The first-order chi connectivity index (χ1) is 9.79. The second-order valence-corrected chi connectivity index (χ2v) is 6.58. The fourth-order valence-corrected chi connectivity index (χ4v) is 3.01. The molecule has 3 N–H and O–H groups in total. The maximum atomic E-state index is 13.0. The smallest absolute Gasteiger partial charge is 0.261 e. The molecule has 7 heteroatoms. The maximum Gasteiger partial charge on any atom is 0.261 e. The zero-order valence-corrected chi connectivity index (χ0v) is 12.8. The number of nitrogens with two attached hydrogens (primary N) is 1. The average Bonchev–Trinajstić information content (AvgIpc) is 2.42. The number of halogens is 1. The third kappa shape index (κ3) is 3.56. The molecule has 2 rings (SSSR count). The Morgan fingerprint density at radius 1 is 1.19 bits per heavy atom. The van der Waals surface area contributed by atoms with Gasteiger partial charge in [0.1, 0.15) is 10.8 Å². The van der Waals surface area contributed by atoms with Crippen molar-refractivity contribution in [1.29, 1.82) is 0 Å². The van der Waals surface area contributed by atoms with Crippen molar-refractivity contribution >= 4 is 32.9 Å². The van der Waals surface area contributed by atoms with Gasteiger partial charge in [-0.15, -0.1) is 0 Å². The van der Waals surface area contributed by atoms with Crippen molar-refractivity contribution in [3.63, 3.8) is 0 Å². The second kappa shape index (κ2) is 5.79. The number of thiocarbonyl (C=S) groups is 1. The summed E-state index contributed by atoms with van der Waals surface area (Å²) in [5.74, 6) is -0.420. The first-order valence-electron chi connectivity index (χ1n) is 5.98. The van der Waals surface area contributed by atoms with Crippen molar-refractivity contribution in [2.24, 2.45) is 5.73 Å². The van der Waals surface area contributed by atoms with Crippen molar-refractivity contribution < 1.29 is 12.8 Å². The third-order valence-corrected chi connectivity index (χ3v) is 4.50. The Bertz CT molecular complexity index is 787. The first-order valence-corrected chi connectivity index (χ1v) is 7.87. The van der Waals surface area contributed by atoms with Gasteiger partial charge in [-0.3, -0.25) is 4.72 Å². The Kier molecular flexibility index (Phi) is 4.24. The van der Waals surface area contributed by atoms with E-state index in [4.69, 9.17) is 18.0 Å². The summed E-state index contributed by atoms with van der Waals surface area (Å²) >= 11 is 4.81. The maximum absolute atomic E-state index is 13.0. The predicted molar refractivity (Wildman–Crippen MR) is 84.3 cm³/mol. The molecule has 0 saturated carbocycles.